The summed E-state index contributed by atoms with van der Waals surface area (Å²) in [5, 5.41) is 3.42. The van der Waals surface area contributed by atoms with E-state index in [-0.39, 0.29) is 36.0 Å². The number of anilines is 2. The molecule has 2 aromatic carbocycles. The second-order valence-electron chi connectivity index (χ2n) is 8.38. The van der Waals surface area contributed by atoms with Crippen molar-refractivity contribution in [3.63, 3.8) is 0 Å². The van der Waals surface area contributed by atoms with Crippen molar-refractivity contribution in [2.24, 2.45) is 5.92 Å². The third-order valence-electron chi connectivity index (χ3n) is 6.36. The molecule has 2 aliphatic heterocycles. The molecule has 0 bridgehead atoms. The molecule has 2 saturated heterocycles. The quantitative estimate of drug-likeness (QED) is 0.833. The molecule has 0 saturated carbocycles. The summed E-state index contributed by atoms with van der Waals surface area (Å²) in [4.78, 5) is 29.4. The zero-order chi connectivity index (χ0) is 21.3. The van der Waals surface area contributed by atoms with E-state index in [1.54, 1.807) is 17.0 Å². The molecule has 4 rings (SSSR count). The van der Waals surface area contributed by atoms with Crippen molar-refractivity contribution in [2.75, 3.05) is 29.9 Å². The normalized spacial score (nSPS) is 20.0. The molecule has 158 valence electrons. The lowest BCUT2D eigenvalue weighted by atomic mass is 10.0. The van der Waals surface area contributed by atoms with Crippen molar-refractivity contribution < 1.29 is 14.0 Å². The third kappa shape index (κ3) is 4.18. The molecule has 2 aliphatic rings. The van der Waals surface area contributed by atoms with Gasteiger partial charge in [-0.15, -0.1) is 0 Å². The van der Waals surface area contributed by atoms with Crippen molar-refractivity contribution in [3.8, 4) is 0 Å². The molecule has 0 aromatic heterocycles. The zero-order valence-electron chi connectivity index (χ0n) is 17.5. The minimum Gasteiger partial charge on any atom is -0.382 e. The Morgan fingerprint density at radius 2 is 1.77 bits per heavy atom. The van der Waals surface area contributed by atoms with Crippen LogP contribution in [-0.4, -0.2) is 42.4 Å². The van der Waals surface area contributed by atoms with Gasteiger partial charge in [0, 0.05) is 43.5 Å². The van der Waals surface area contributed by atoms with Crippen molar-refractivity contribution in [1.82, 2.24) is 4.90 Å². The van der Waals surface area contributed by atoms with E-state index < -0.39 is 0 Å². The van der Waals surface area contributed by atoms with Gasteiger partial charge in [0.05, 0.1) is 5.92 Å². The molecule has 0 spiro atoms. The minimum atomic E-state index is -0.279. The van der Waals surface area contributed by atoms with E-state index in [2.05, 4.69) is 5.32 Å². The number of halogens is 1. The van der Waals surface area contributed by atoms with Gasteiger partial charge in [0.1, 0.15) is 5.82 Å². The summed E-state index contributed by atoms with van der Waals surface area (Å²) in [6.45, 7) is 5.85. The van der Waals surface area contributed by atoms with Gasteiger partial charge in [0.25, 0.3) is 0 Å². The summed E-state index contributed by atoms with van der Waals surface area (Å²) in [6, 6.07) is 12.6. The van der Waals surface area contributed by atoms with Gasteiger partial charge in [-0.1, -0.05) is 12.1 Å². The number of nitrogens with zero attached hydrogens (tertiary/aromatic N) is 2. The Morgan fingerprint density at radius 1 is 1.07 bits per heavy atom. The first kappa shape index (κ1) is 20.4. The van der Waals surface area contributed by atoms with Crippen LogP contribution in [0.25, 0.3) is 0 Å². The van der Waals surface area contributed by atoms with Crippen LogP contribution in [-0.2, 0) is 9.59 Å². The monoisotopic (exact) mass is 409 g/mol. The lowest BCUT2D eigenvalue weighted by Crippen LogP contribution is -2.45. The summed E-state index contributed by atoms with van der Waals surface area (Å²) in [5.41, 5.74) is 4.04. The van der Waals surface area contributed by atoms with Crippen LogP contribution in [0.4, 0.5) is 15.8 Å². The summed E-state index contributed by atoms with van der Waals surface area (Å²) < 4.78 is 13.1. The van der Waals surface area contributed by atoms with Gasteiger partial charge in [0.2, 0.25) is 11.8 Å². The molecule has 0 aliphatic carbocycles. The summed E-state index contributed by atoms with van der Waals surface area (Å²) in [7, 11) is 0. The Balaban J connectivity index is 1.34. The highest BCUT2D eigenvalue weighted by atomic mass is 19.1. The second kappa shape index (κ2) is 8.46. The van der Waals surface area contributed by atoms with E-state index in [1.165, 1.54) is 12.1 Å². The Hall–Kier alpha value is -2.89. The average Bonchev–Trinajstić information content (AvgIpc) is 3.13. The van der Waals surface area contributed by atoms with Crippen molar-refractivity contribution >= 4 is 23.2 Å². The number of carbonyl (C=O) groups excluding carboxylic acids is 2. The molecule has 2 fully saturated rings. The van der Waals surface area contributed by atoms with Crippen LogP contribution in [0.2, 0.25) is 0 Å². The highest BCUT2D eigenvalue weighted by Crippen LogP contribution is 2.30. The maximum absolute atomic E-state index is 13.1. The first-order valence-corrected chi connectivity index (χ1v) is 10.6. The summed E-state index contributed by atoms with van der Waals surface area (Å²) in [5.74, 6) is -0.424. The van der Waals surface area contributed by atoms with Crippen LogP contribution in [0.3, 0.4) is 0 Å². The Morgan fingerprint density at radius 3 is 2.47 bits per heavy atom. The number of piperidine rings is 1. The molecule has 2 heterocycles. The summed E-state index contributed by atoms with van der Waals surface area (Å²) >= 11 is 0. The van der Waals surface area contributed by atoms with Crippen LogP contribution >= 0.6 is 0 Å². The first-order valence-electron chi connectivity index (χ1n) is 10.6. The van der Waals surface area contributed by atoms with E-state index in [0.717, 1.165) is 35.3 Å². The minimum absolute atomic E-state index is 0.0231. The van der Waals surface area contributed by atoms with E-state index in [4.69, 9.17) is 0 Å². The fraction of sp³-hybridized carbons (Fsp3) is 0.417. The first-order chi connectivity index (χ1) is 14.4. The predicted molar refractivity (Wildman–Crippen MR) is 116 cm³/mol. The number of hydrogen-bond donors (Lipinski definition) is 1. The predicted octanol–water partition coefficient (Wildman–Crippen LogP) is 3.90. The standard InChI is InChI=1S/C24H28FN3O2/c1-16-4-3-5-22(17(16)2)28-15-18(14-23(28)29)24(30)27-12-10-21(11-13-27)26-20-8-6-19(25)7-9-20/h3-9,18,21,26H,10-15H2,1-2H3/t18-/m0/s1. The lowest BCUT2D eigenvalue weighted by molar-refractivity contribution is -0.136. The topological polar surface area (TPSA) is 52.7 Å². The summed E-state index contributed by atoms with van der Waals surface area (Å²) in [6.07, 6.45) is 1.95. The second-order valence-corrected chi connectivity index (χ2v) is 8.38. The average molecular weight is 410 g/mol. The Bertz CT molecular complexity index is 936. The van der Waals surface area contributed by atoms with E-state index in [0.29, 0.717) is 19.6 Å². The number of benzene rings is 2. The third-order valence-corrected chi connectivity index (χ3v) is 6.36. The van der Waals surface area contributed by atoms with Crippen molar-refractivity contribution in [2.45, 2.75) is 39.2 Å². The van der Waals surface area contributed by atoms with Gasteiger partial charge in [-0.3, -0.25) is 9.59 Å². The van der Waals surface area contributed by atoms with Gasteiger partial charge in [-0.25, -0.2) is 4.39 Å². The molecule has 0 radical (unpaired) electrons. The number of nitrogens with one attached hydrogen (secondary N) is 1. The molecule has 0 unspecified atom stereocenters. The van der Waals surface area contributed by atoms with Gasteiger partial charge in [-0.05, 0) is 68.1 Å². The molecule has 2 amide bonds. The van der Waals surface area contributed by atoms with Gasteiger partial charge in [0.15, 0.2) is 0 Å². The molecule has 1 atom stereocenters. The highest BCUT2D eigenvalue weighted by Gasteiger charge is 2.38. The van der Waals surface area contributed by atoms with E-state index in [1.807, 2.05) is 36.9 Å². The number of amides is 2. The molecular weight excluding hydrogens is 381 g/mol. The van der Waals surface area contributed by atoms with Crippen LogP contribution < -0.4 is 10.2 Å². The maximum Gasteiger partial charge on any atom is 0.228 e. The Kier molecular flexibility index (Phi) is 5.75. The van der Waals surface area contributed by atoms with Crippen molar-refractivity contribution in [1.29, 1.82) is 0 Å². The SMILES string of the molecule is Cc1cccc(N2C[C@@H](C(=O)N3CCC(Nc4ccc(F)cc4)CC3)CC2=O)c1C. The molecule has 5 nitrogen and oxygen atoms in total. The zero-order valence-corrected chi connectivity index (χ0v) is 17.5. The van der Waals surface area contributed by atoms with Crippen LogP contribution in [0.1, 0.15) is 30.4 Å². The van der Waals surface area contributed by atoms with Crippen LogP contribution in [0, 0.1) is 25.6 Å². The number of carbonyl (C=O) groups is 2. The van der Waals surface area contributed by atoms with Crippen LogP contribution in [0.5, 0.6) is 0 Å². The highest BCUT2D eigenvalue weighted by molar-refractivity contribution is 6.01. The molecule has 1 N–H and O–H groups in total. The molecule has 6 heteroatoms. The van der Waals surface area contributed by atoms with Gasteiger partial charge in [-0.2, -0.15) is 0 Å². The largest absolute Gasteiger partial charge is 0.382 e. The molecule has 2 aromatic rings. The molecular formula is C24H28FN3O2. The number of hydrogen-bond acceptors (Lipinski definition) is 3. The Labute approximate surface area is 176 Å². The number of rotatable bonds is 4. The van der Waals surface area contributed by atoms with Gasteiger partial charge >= 0.3 is 0 Å². The van der Waals surface area contributed by atoms with E-state index >= 15 is 0 Å². The van der Waals surface area contributed by atoms with Crippen molar-refractivity contribution in [3.05, 3.63) is 59.4 Å². The smallest absolute Gasteiger partial charge is 0.228 e. The van der Waals surface area contributed by atoms with Gasteiger partial charge < -0.3 is 15.1 Å². The fourth-order valence-corrected chi connectivity index (χ4v) is 4.42. The maximum atomic E-state index is 13.1. The lowest BCUT2D eigenvalue weighted by Gasteiger charge is -2.34. The molecule has 30 heavy (non-hydrogen) atoms. The number of aryl methyl sites for hydroxylation is 1. The van der Waals surface area contributed by atoms with Crippen LogP contribution in [0.15, 0.2) is 42.5 Å². The fourth-order valence-electron chi connectivity index (χ4n) is 4.42. The van der Waals surface area contributed by atoms with E-state index in [9.17, 15) is 14.0 Å². The number of likely N-dealkylation sites (tertiary alicyclic amines) is 1.